The molecule has 0 heterocycles. The zero-order valence-electron chi connectivity index (χ0n) is 11.1. The van der Waals surface area contributed by atoms with E-state index in [4.69, 9.17) is 10.5 Å². The van der Waals surface area contributed by atoms with Gasteiger partial charge in [-0.05, 0) is 36.2 Å². The molecule has 2 aromatic rings. The zero-order chi connectivity index (χ0) is 15.6. The summed E-state index contributed by atoms with van der Waals surface area (Å²) >= 11 is 0. The minimum Gasteiger partial charge on any atom is -0.444 e. The van der Waals surface area contributed by atoms with Crippen molar-refractivity contribution in [3.8, 4) is 11.5 Å². The van der Waals surface area contributed by atoms with Crippen molar-refractivity contribution in [1.82, 2.24) is 0 Å². The first-order valence-electron chi connectivity index (χ1n) is 6.03. The maximum atomic E-state index is 13.8. The number of nitrogens with two attached hydrogens (primary N) is 1. The molecule has 2 rings (SSSR count). The third-order valence-corrected chi connectivity index (χ3v) is 2.82. The van der Waals surface area contributed by atoms with Gasteiger partial charge in [-0.15, -0.1) is 0 Å². The smallest absolute Gasteiger partial charge is 0.311 e. The average molecular weight is 294 g/mol. The Hall–Kier alpha value is -2.54. The number of rotatable bonds is 4. The lowest BCUT2D eigenvalue weighted by atomic mass is 10.2. The molecule has 0 aromatic heterocycles. The summed E-state index contributed by atoms with van der Waals surface area (Å²) in [5.74, 6) is -2.86. The number of hydrogen-bond donors (Lipinski definition) is 1. The second kappa shape index (κ2) is 5.84. The number of nitro benzene ring substituents is 1. The fraction of sp³-hybridized carbons (Fsp3) is 0.143. The molecule has 0 radical (unpaired) electrons. The standard InChI is InChI=1S/C14H12F2N2O3/c1-8-2-3-13(12(4-8)18(19)20)21-14-10(15)5-9(7-17)6-11(14)16/h2-6H,7,17H2,1H3. The van der Waals surface area contributed by atoms with Crippen molar-refractivity contribution >= 4 is 5.69 Å². The van der Waals surface area contributed by atoms with Gasteiger partial charge in [0.1, 0.15) is 0 Å². The van der Waals surface area contributed by atoms with Crippen molar-refractivity contribution in [2.45, 2.75) is 13.5 Å². The van der Waals surface area contributed by atoms with Crippen molar-refractivity contribution in [3.05, 3.63) is 63.2 Å². The summed E-state index contributed by atoms with van der Waals surface area (Å²) in [4.78, 5) is 10.3. The van der Waals surface area contributed by atoms with E-state index in [9.17, 15) is 18.9 Å². The zero-order valence-corrected chi connectivity index (χ0v) is 11.1. The Morgan fingerprint density at radius 3 is 2.38 bits per heavy atom. The van der Waals surface area contributed by atoms with Crippen LogP contribution in [-0.4, -0.2) is 4.92 Å². The van der Waals surface area contributed by atoms with Gasteiger partial charge >= 0.3 is 5.69 Å². The maximum Gasteiger partial charge on any atom is 0.311 e. The third-order valence-electron chi connectivity index (χ3n) is 2.82. The fourth-order valence-electron chi connectivity index (χ4n) is 1.79. The quantitative estimate of drug-likeness (QED) is 0.692. The lowest BCUT2D eigenvalue weighted by Crippen LogP contribution is -2.01. The normalized spacial score (nSPS) is 10.5. The molecule has 7 heteroatoms. The number of benzene rings is 2. The molecular formula is C14H12F2N2O3. The van der Waals surface area contributed by atoms with Gasteiger partial charge in [-0.3, -0.25) is 10.1 Å². The van der Waals surface area contributed by atoms with Crippen LogP contribution in [0.5, 0.6) is 11.5 Å². The predicted molar refractivity (Wildman–Crippen MR) is 72.2 cm³/mol. The van der Waals surface area contributed by atoms with Gasteiger partial charge in [-0.2, -0.15) is 0 Å². The van der Waals surface area contributed by atoms with E-state index in [0.717, 1.165) is 12.1 Å². The van der Waals surface area contributed by atoms with Gasteiger partial charge in [0.25, 0.3) is 0 Å². The summed E-state index contributed by atoms with van der Waals surface area (Å²) in [7, 11) is 0. The molecule has 0 aliphatic heterocycles. The van der Waals surface area contributed by atoms with Crippen LogP contribution in [0.1, 0.15) is 11.1 Å². The number of ether oxygens (including phenoxy) is 1. The van der Waals surface area contributed by atoms with E-state index in [1.165, 1.54) is 12.1 Å². The highest BCUT2D eigenvalue weighted by Gasteiger charge is 2.20. The van der Waals surface area contributed by atoms with Gasteiger partial charge in [0.2, 0.25) is 5.75 Å². The van der Waals surface area contributed by atoms with Crippen molar-refractivity contribution in [2.24, 2.45) is 5.73 Å². The Balaban J connectivity index is 2.46. The fourth-order valence-corrected chi connectivity index (χ4v) is 1.79. The van der Waals surface area contributed by atoms with Crippen molar-refractivity contribution in [1.29, 1.82) is 0 Å². The van der Waals surface area contributed by atoms with Crippen LogP contribution in [0.3, 0.4) is 0 Å². The van der Waals surface area contributed by atoms with E-state index in [0.29, 0.717) is 5.56 Å². The van der Waals surface area contributed by atoms with Crippen LogP contribution in [-0.2, 0) is 6.54 Å². The Morgan fingerprint density at radius 1 is 1.24 bits per heavy atom. The lowest BCUT2D eigenvalue weighted by Gasteiger charge is -2.10. The number of hydrogen-bond acceptors (Lipinski definition) is 4. The molecule has 0 fully saturated rings. The molecule has 0 spiro atoms. The molecule has 0 bridgehead atoms. The molecule has 0 aliphatic rings. The van der Waals surface area contributed by atoms with Crippen molar-refractivity contribution in [3.63, 3.8) is 0 Å². The molecule has 0 atom stereocenters. The summed E-state index contributed by atoms with van der Waals surface area (Å²) < 4.78 is 32.7. The van der Waals surface area contributed by atoms with E-state index in [1.54, 1.807) is 13.0 Å². The van der Waals surface area contributed by atoms with E-state index in [2.05, 4.69) is 0 Å². The lowest BCUT2D eigenvalue weighted by molar-refractivity contribution is -0.385. The molecule has 0 unspecified atom stereocenters. The van der Waals surface area contributed by atoms with Gasteiger partial charge in [0, 0.05) is 12.6 Å². The molecule has 2 aromatic carbocycles. The maximum absolute atomic E-state index is 13.8. The second-order valence-corrected chi connectivity index (χ2v) is 4.42. The van der Waals surface area contributed by atoms with Crippen molar-refractivity contribution < 1.29 is 18.4 Å². The van der Waals surface area contributed by atoms with Gasteiger partial charge < -0.3 is 10.5 Å². The molecule has 0 saturated carbocycles. The Kier molecular flexibility index (Phi) is 4.13. The summed E-state index contributed by atoms with van der Waals surface area (Å²) in [6.07, 6.45) is 0. The van der Waals surface area contributed by atoms with E-state index in [1.807, 2.05) is 0 Å². The van der Waals surface area contributed by atoms with Crippen LogP contribution >= 0.6 is 0 Å². The molecule has 2 N–H and O–H groups in total. The first-order valence-corrected chi connectivity index (χ1v) is 6.03. The number of nitrogens with zero attached hydrogens (tertiary/aromatic N) is 1. The van der Waals surface area contributed by atoms with Crippen LogP contribution in [0.25, 0.3) is 0 Å². The van der Waals surface area contributed by atoms with E-state index in [-0.39, 0.29) is 23.5 Å². The van der Waals surface area contributed by atoms with Crippen LogP contribution in [0.4, 0.5) is 14.5 Å². The van der Waals surface area contributed by atoms with E-state index < -0.39 is 22.3 Å². The monoisotopic (exact) mass is 294 g/mol. The topological polar surface area (TPSA) is 78.4 Å². The summed E-state index contributed by atoms with van der Waals surface area (Å²) in [5, 5.41) is 11.0. The third kappa shape index (κ3) is 3.14. The molecular weight excluding hydrogens is 282 g/mol. The predicted octanol–water partition coefficient (Wildman–Crippen LogP) is 3.43. The molecule has 21 heavy (non-hydrogen) atoms. The Morgan fingerprint density at radius 2 is 1.86 bits per heavy atom. The number of nitro groups is 1. The highest BCUT2D eigenvalue weighted by atomic mass is 19.1. The summed E-state index contributed by atoms with van der Waals surface area (Å²) in [6, 6.07) is 6.16. The largest absolute Gasteiger partial charge is 0.444 e. The molecule has 5 nitrogen and oxygen atoms in total. The van der Waals surface area contributed by atoms with Gasteiger partial charge in [-0.1, -0.05) is 6.07 Å². The molecule has 0 saturated heterocycles. The minimum atomic E-state index is -0.967. The van der Waals surface area contributed by atoms with Crippen LogP contribution < -0.4 is 10.5 Å². The highest BCUT2D eigenvalue weighted by molar-refractivity contribution is 5.50. The van der Waals surface area contributed by atoms with Gasteiger partial charge in [0.05, 0.1) is 4.92 Å². The van der Waals surface area contributed by atoms with E-state index >= 15 is 0 Å². The van der Waals surface area contributed by atoms with Crippen molar-refractivity contribution in [2.75, 3.05) is 0 Å². The molecule has 110 valence electrons. The Bertz CT molecular complexity index is 682. The highest BCUT2D eigenvalue weighted by Crippen LogP contribution is 2.34. The first kappa shape index (κ1) is 14.9. The first-order chi connectivity index (χ1) is 9.92. The molecule has 0 amide bonds. The summed E-state index contributed by atoms with van der Waals surface area (Å²) in [5.41, 5.74) is 5.84. The minimum absolute atomic E-state index is 0.0290. The van der Waals surface area contributed by atoms with Crippen LogP contribution in [0.15, 0.2) is 30.3 Å². The number of aryl methyl sites for hydroxylation is 1. The molecule has 0 aliphatic carbocycles. The number of halogens is 2. The Labute approximate surface area is 119 Å². The van der Waals surface area contributed by atoms with Crippen LogP contribution in [0.2, 0.25) is 0 Å². The SMILES string of the molecule is Cc1ccc(Oc2c(F)cc(CN)cc2F)c([N+](=O)[O-])c1. The second-order valence-electron chi connectivity index (χ2n) is 4.42. The van der Waals surface area contributed by atoms with Gasteiger partial charge in [-0.25, -0.2) is 8.78 Å². The van der Waals surface area contributed by atoms with Crippen LogP contribution in [0, 0.1) is 28.7 Å². The van der Waals surface area contributed by atoms with Gasteiger partial charge in [0.15, 0.2) is 17.4 Å². The summed E-state index contributed by atoms with van der Waals surface area (Å²) in [6.45, 7) is 1.63. The average Bonchev–Trinajstić information content (AvgIpc) is 2.43.